The first-order valence-electron chi connectivity index (χ1n) is 11.2. The Morgan fingerprint density at radius 1 is 1.11 bits per heavy atom. The van der Waals surface area contributed by atoms with Gasteiger partial charge < -0.3 is 14.6 Å². The molecule has 1 aliphatic rings. The minimum atomic E-state index is -1.10. The molecule has 10 heteroatoms. The number of rotatable bonds is 8. The Hall–Kier alpha value is -3.63. The van der Waals surface area contributed by atoms with Crippen molar-refractivity contribution in [2.24, 2.45) is 5.92 Å². The molecule has 1 amide bonds. The number of aliphatic carboxylic acids is 1. The normalized spacial score (nSPS) is 15.6. The maximum atomic E-state index is 13.3. The van der Waals surface area contributed by atoms with E-state index >= 15 is 0 Å². The van der Waals surface area contributed by atoms with Crippen LogP contribution in [0.4, 0.5) is 0 Å². The van der Waals surface area contributed by atoms with Crippen LogP contribution in [0.2, 0.25) is 0 Å². The van der Waals surface area contributed by atoms with E-state index < -0.39 is 17.9 Å². The van der Waals surface area contributed by atoms with Gasteiger partial charge in [-0.2, -0.15) is 9.78 Å². The average Bonchev–Trinajstić information content (AvgIpc) is 3.30. The fraction of sp³-hybridized carbons (Fsp3) is 0.231. The van der Waals surface area contributed by atoms with Gasteiger partial charge in [0.25, 0.3) is 5.91 Å². The number of hydrogen-bond acceptors (Lipinski definition) is 7. The van der Waals surface area contributed by atoms with Gasteiger partial charge in [-0.25, -0.2) is 4.79 Å². The smallest absolute Gasteiger partial charge is 0.327 e. The van der Waals surface area contributed by atoms with Gasteiger partial charge in [0.15, 0.2) is 11.5 Å². The summed E-state index contributed by atoms with van der Waals surface area (Å²) >= 11 is 6.47. The van der Waals surface area contributed by atoms with Crippen molar-refractivity contribution in [3.05, 3.63) is 70.8 Å². The molecule has 186 valence electrons. The Labute approximate surface area is 218 Å². The highest BCUT2D eigenvalue weighted by atomic mass is 32.2. The predicted octanol–water partition coefficient (Wildman–Crippen LogP) is 5.29. The average molecular weight is 524 g/mol. The lowest BCUT2D eigenvalue weighted by Gasteiger charge is -2.26. The summed E-state index contributed by atoms with van der Waals surface area (Å²) in [6, 6.07) is 15.6. The van der Waals surface area contributed by atoms with Gasteiger partial charge in [0.1, 0.15) is 10.4 Å². The number of carbonyl (C=O) groups excluding carboxylic acids is 1. The molecule has 2 aromatic carbocycles. The third-order valence-corrected chi connectivity index (χ3v) is 6.93. The quantitative estimate of drug-likeness (QED) is 0.314. The SMILES string of the molecule is COc1ccccc1Oc1c(/C=C2\SC(=S)N([C@H](C(=O)O)C(C)C)C2=O)c(C)nn1-c1ccccc1. The second-order valence-electron chi connectivity index (χ2n) is 8.38. The van der Waals surface area contributed by atoms with Crippen LogP contribution in [-0.2, 0) is 9.59 Å². The second kappa shape index (κ2) is 10.5. The number of thioether (sulfide) groups is 1. The molecule has 1 fully saturated rings. The molecule has 0 radical (unpaired) electrons. The number of amides is 1. The van der Waals surface area contributed by atoms with E-state index in [1.54, 1.807) is 43.8 Å². The van der Waals surface area contributed by atoms with Gasteiger partial charge in [0, 0.05) is 0 Å². The summed E-state index contributed by atoms with van der Waals surface area (Å²) in [4.78, 5) is 26.7. The number of hydrogen-bond donors (Lipinski definition) is 1. The Balaban J connectivity index is 1.83. The van der Waals surface area contributed by atoms with E-state index in [-0.39, 0.29) is 10.2 Å². The summed E-state index contributed by atoms with van der Waals surface area (Å²) in [6.07, 6.45) is 1.66. The summed E-state index contributed by atoms with van der Waals surface area (Å²) in [5.74, 6) is -0.486. The van der Waals surface area contributed by atoms with Gasteiger partial charge in [-0.3, -0.25) is 9.69 Å². The summed E-state index contributed by atoms with van der Waals surface area (Å²) in [5, 5.41) is 14.4. The monoisotopic (exact) mass is 523 g/mol. The first-order valence-corrected chi connectivity index (χ1v) is 12.4. The van der Waals surface area contributed by atoms with Crippen molar-refractivity contribution < 1.29 is 24.2 Å². The molecule has 0 unspecified atom stereocenters. The number of methoxy groups -OCH3 is 1. The Morgan fingerprint density at radius 2 is 1.75 bits per heavy atom. The van der Waals surface area contributed by atoms with Crippen LogP contribution >= 0.6 is 24.0 Å². The molecule has 0 bridgehead atoms. The number of aryl methyl sites for hydroxylation is 1. The number of thiocarbonyl (C=S) groups is 1. The minimum absolute atomic E-state index is 0.202. The van der Waals surface area contributed by atoms with E-state index in [0.717, 1.165) is 17.4 Å². The number of benzene rings is 2. The number of carboxylic acid groups (broad SMARTS) is 1. The molecule has 1 aromatic heterocycles. The molecule has 0 saturated carbocycles. The highest BCUT2D eigenvalue weighted by molar-refractivity contribution is 8.26. The lowest BCUT2D eigenvalue weighted by Crippen LogP contribution is -2.47. The molecular formula is C26H25N3O5S2. The van der Waals surface area contributed by atoms with Crippen molar-refractivity contribution in [1.29, 1.82) is 0 Å². The molecule has 4 rings (SSSR count). The number of ether oxygens (including phenoxy) is 2. The lowest BCUT2D eigenvalue weighted by molar-refractivity contribution is -0.146. The predicted molar refractivity (Wildman–Crippen MR) is 143 cm³/mol. The molecule has 8 nitrogen and oxygen atoms in total. The van der Waals surface area contributed by atoms with Gasteiger partial charge in [0.2, 0.25) is 5.88 Å². The van der Waals surface area contributed by atoms with E-state index in [1.165, 1.54) is 4.90 Å². The van der Waals surface area contributed by atoms with Crippen molar-refractivity contribution in [1.82, 2.24) is 14.7 Å². The molecule has 1 N–H and O–H groups in total. The molecule has 1 aliphatic heterocycles. The number of carbonyl (C=O) groups is 2. The number of aromatic nitrogens is 2. The molecule has 0 spiro atoms. The van der Waals surface area contributed by atoms with Crippen LogP contribution in [0.15, 0.2) is 59.5 Å². The molecule has 1 saturated heterocycles. The van der Waals surface area contributed by atoms with E-state index in [9.17, 15) is 14.7 Å². The first-order chi connectivity index (χ1) is 17.2. The van der Waals surface area contributed by atoms with Gasteiger partial charge in [-0.15, -0.1) is 0 Å². The maximum absolute atomic E-state index is 13.3. The number of para-hydroxylation sites is 3. The Kier molecular flexibility index (Phi) is 7.46. The summed E-state index contributed by atoms with van der Waals surface area (Å²) in [5.41, 5.74) is 1.96. The van der Waals surface area contributed by atoms with Gasteiger partial charge in [-0.05, 0) is 43.2 Å². The lowest BCUT2D eigenvalue weighted by atomic mass is 10.0. The largest absolute Gasteiger partial charge is 0.493 e. The highest BCUT2D eigenvalue weighted by Crippen LogP contribution is 2.40. The molecular weight excluding hydrogens is 498 g/mol. The third kappa shape index (κ3) is 4.87. The van der Waals surface area contributed by atoms with Crippen LogP contribution in [0.25, 0.3) is 11.8 Å². The highest BCUT2D eigenvalue weighted by Gasteiger charge is 2.42. The minimum Gasteiger partial charge on any atom is -0.493 e. The summed E-state index contributed by atoms with van der Waals surface area (Å²) in [6.45, 7) is 5.30. The Bertz CT molecular complexity index is 1350. The van der Waals surface area contributed by atoms with Gasteiger partial charge >= 0.3 is 5.97 Å². The van der Waals surface area contributed by atoms with Gasteiger partial charge in [0.05, 0.1) is 29.0 Å². The van der Waals surface area contributed by atoms with Crippen molar-refractivity contribution in [3.8, 4) is 23.1 Å². The van der Waals surface area contributed by atoms with E-state index in [0.29, 0.717) is 33.5 Å². The fourth-order valence-corrected chi connectivity index (χ4v) is 5.19. The van der Waals surface area contributed by atoms with Crippen LogP contribution in [-0.4, -0.2) is 49.1 Å². The third-order valence-electron chi connectivity index (χ3n) is 5.60. The van der Waals surface area contributed by atoms with Crippen LogP contribution in [0.5, 0.6) is 17.4 Å². The van der Waals surface area contributed by atoms with Crippen LogP contribution in [0.1, 0.15) is 25.1 Å². The standard InChI is InChI=1S/C26H25N3O5S2/c1-15(2)22(25(31)32)28-23(30)21(36-26(28)35)14-18-16(3)27-29(17-10-6-5-7-11-17)24(18)34-20-13-9-8-12-19(20)33-4/h5-15,22H,1-4H3,(H,31,32)/b21-14-/t22-/m0/s1. The summed E-state index contributed by atoms with van der Waals surface area (Å²) < 4.78 is 13.6. The van der Waals surface area contributed by atoms with E-state index in [4.69, 9.17) is 21.7 Å². The maximum Gasteiger partial charge on any atom is 0.327 e. The zero-order valence-electron chi connectivity index (χ0n) is 20.2. The fourth-order valence-electron chi connectivity index (χ4n) is 3.88. The number of carboxylic acids is 1. The van der Waals surface area contributed by atoms with Crippen molar-refractivity contribution in [3.63, 3.8) is 0 Å². The van der Waals surface area contributed by atoms with Crippen LogP contribution in [0.3, 0.4) is 0 Å². The van der Waals surface area contributed by atoms with Gasteiger partial charge in [-0.1, -0.05) is 68.2 Å². The molecule has 3 aromatic rings. The van der Waals surface area contributed by atoms with Crippen LogP contribution in [0, 0.1) is 12.8 Å². The molecule has 0 aliphatic carbocycles. The second-order valence-corrected chi connectivity index (χ2v) is 10.1. The molecule has 2 heterocycles. The van der Waals surface area contributed by atoms with E-state index in [2.05, 4.69) is 5.10 Å². The Morgan fingerprint density at radius 3 is 2.36 bits per heavy atom. The van der Waals surface area contributed by atoms with Crippen molar-refractivity contribution in [2.75, 3.05) is 7.11 Å². The zero-order valence-corrected chi connectivity index (χ0v) is 21.8. The molecule has 36 heavy (non-hydrogen) atoms. The first kappa shape index (κ1) is 25.5. The van der Waals surface area contributed by atoms with Crippen LogP contribution < -0.4 is 9.47 Å². The van der Waals surface area contributed by atoms with E-state index in [1.807, 2.05) is 49.4 Å². The topological polar surface area (TPSA) is 93.9 Å². The zero-order chi connectivity index (χ0) is 26.0. The summed E-state index contributed by atoms with van der Waals surface area (Å²) in [7, 11) is 1.56. The molecule has 1 atom stereocenters. The van der Waals surface area contributed by atoms with Crippen molar-refractivity contribution in [2.45, 2.75) is 26.8 Å². The number of nitrogens with zero attached hydrogens (tertiary/aromatic N) is 3. The van der Waals surface area contributed by atoms with Crippen molar-refractivity contribution >= 4 is 46.3 Å².